The van der Waals surface area contributed by atoms with Crippen LogP contribution in [0.2, 0.25) is 0 Å². The summed E-state index contributed by atoms with van der Waals surface area (Å²) in [5, 5.41) is 14.7. The lowest BCUT2D eigenvalue weighted by molar-refractivity contribution is 0.0698. The molecule has 21 heavy (non-hydrogen) atoms. The first-order chi connectivity index (χ1) is 9.90. The molecule has 3 N–H and O–H groups in total. The lowest BCUT2D eigenvalue weighted by atomic mass is 9.73. The number of hydrogen-bond donors (Lipinski definition) is 3. The normalized spacial score (nSPS) is 20.6. The molecule has 0 radical (unpaired) electrons. The van der Waals surface area contributed by atoms with Gasteiger partial charge in [-0.25, -0.2) is 9.59 Å². The minimum atomic E-state index is -1.05. The van der Waals surface area contributed by atoms with E-state index in [4.69, 9.17) is 5.11 Å². The van der Waals surface area contributed by atoms with Gasteiger partial charge in [0.05, 0.1) is 11.3 Å². The van der Waals surface area contributed by atoms with Gasteiger partial charge in [0.1, 0.15) is 0 Å². The van der Waals surface area contributed by atoms with E-state index in [0.29, 0.717) is 5.69 Å². The van der Waals surface area contributed by atoms with Crippen molar-refractivity contribution in [2.75, 3.05) is 5.32 Å². The number of nitrogens with one attached hydrogen (secondary N) is 2. The lowest BCUT2D eigenvalue weighted by Gasteiger charge is -2.38. The van der Waals surface area contributed by atoms with E-state index in [0.717, 1.165) is 19.3 Å². The highest BCUT2D eigenvalue weighted by atomic mass is 16.4. The van der Waals surface area contributed by atoms with Crippen LogP contribution in [0.5, 0.6) is 0 Å². The minimum absolute atomic E-state index is 0.0713. The van der Waals surface area contributed by atoms with Crippen molar-refractivity contribution in [3.63, 3.8) is 0 Å². The maximum Gasteiger partial charge on any atom is 0.337 e. The smallest absolute Gasteiger partial charge is 0.337 e. The Balaban J connectivity index is 2.04. The van der Waals surface area contributed by atoms with Crippen LogP contribution in [0.4, 0.5) is 10.5 Å². The summed E-state index contributed by atoms with van der Waals surface area (Å²) in [6.07, 6.45) is 4.35. The van der Waals surface area contributed by atoms with Gasteiger partial charge in [0, 0.05) is 6.04 Å². The molecule has 0 spiro atoms. The zero-order valence-corrected chi connectivity index (χ0v) is 12.5. The number of benzene rings is 1. The van der Waals surface area contributed by atoms with E-state index in [1.807, 2.05) is 0 Å². The van der Waals surface area contributed by atoms with Gasteiger partial charge in [-0.15, -0.1) is 0 Å². The van der Waals surface area contributed by atoms with Gasteiger partial charge in [0.25, 0.3) is 0 Å². The number of rotatable bonds is 3. The van der Waals surface area contributed by atoms with Crippen LogP contribution in [-0.4, -0.2) is 23.1 Å². The molecule has 0 saturated heterocycles. The standard InChI is InChI=1S/C16H22N2O3/c1-16(2)10-6-5-9-13(16)18-15(21)17-12-8-4-3-7-11(12)14(19)20/h3-4,7-8,13H,5-6,9-10H2,1-2H3,(H,19,20)(H2,17,18,21). The number of anilines is 1. The van der Waals surface area contributed by atoms with Crippen molar-refractivity contribution >= 4 is 17.7 Å². The molecule has 1 fully saturated rings. The van der Waals surface area contributed by atoms with Gasteiger partial charge in [-0.05, 0) is 30.4 Å². The molecule has 5 nitrogen and oxygen atoms in total. The average molecular weight is 290 g/mol. The van der Waals surface area contributed by atoms with Crippen LogP contribution in [0.15, 0.2) is 24.3 Å². The summed E-state index contributed by atoms with van der Waals surface area (Å²) < 4.78 is 0. The second-order valence-corrected chi connectivity index (χ2v) is 6.24. The molecular formula is C16H22N2O3. The predicted octanol–water partition coefficient (Wildman–Crippen LogP) is 3.48. The number of amides is 2. The van der Waals surface area contributed by atoms with Crippen LogP contribution >= 0.6 is 0 Å². The van der Waals surface area contributed by atoms with Crippen molar-refractivity contribution < 1.29 is 14.7 Å². The number of hydrogen-bond acceptors (Lipinski definition) is 2. The van der Waals surface area contributed by atoms with Gasteiger partial charge in [0.2, 0.25) is 0 Å². The monoisotopic (exact) mass is 290 g/mol. The minimum Gasteiger partial charge on any atom is -0.478 e. The summed E-state index contributed by atoms with van der Waals surface area (Å²) in [4.78, 5) is 23.3. The highest BCUT2D eigenvalue weighted by Gasteiger charge is 2.33. The van der Waals surface area contributed by atoms with E-state index in [2.05, 4.69) is 24.5 Å². The molecule has 1 aliphatic rings. The number of carboxylic acid groups (broad SMARTS) is 1. The van der Waals surface area contributed by atoms with E-state index in [-0.39, 0.29) is 23.1 Å². The number of carbonyl (C=O) groups excluding carboxylic acids is 1. The van der Waals surface area contributed by atoms with Crippen LogP contribution in [0.25, 0.3) is 0 Å². The van der Waals surface area contributed by atoms with E-state index >= 15 is 0 Å². The summed E-state index contributed by atoms with van der Waals surface area (Å²) in [7, 11) is 0. The van der Waals surface area contributed by atoms with E-state index in [9.17, 15) is 9.59 Å². The van der Waals surface area contributed by atoms with Crippen LogP contribution in [-0.2, 0) is 0 Å². The first-order valence-corrected chi connectivity index (χ1v) is 7.30. The Labute approximate surface area is 124 Å². The fourth-order valence-corrected chi connectivity index (χ4v) is 2.86. The third-order valence-electron chi connectivity index (χ3n) is 4.22. The predicted molar refractivity (Wildman–Crippen MR) is 81.6 cm³/mol. The maximum atomic E-state index is 12.1. The van der Waals surface area contributed by atoms with Gasteiger partial charge in [-0.2, -0.15) is 0 Å². The molecule has 2 amide bonds. The van der Waals surface area contributed by atoms with Gasteiger partial charge in [-0.3, -0.25) is 0 Å². The molecule has 2 rings (SSSR count). The summed E-state index contributed by atoms with van der Waals surface area (Å²) in [5.41, 5.74) is 0.480. The van der Waals surface area contributed by atoms with Crippen LogP contribution in [0.3, 0.4) is 0 Å². The third kappa shape index (κ3) is 3.74. The van der Waals surface area contributed by atoms with Crippen molar-refractivity contribution in [2.45, 2.75) is 45.6 Å². The fraction of sp³-hybridized carbons (Fsp3) is 0.500. The van der Waals surface area contributed by atoms with E-state index < -0.39 is 5.97 Å². The molecule has 114 valence electrons. The highest BCUT2D eigenvalue weighted by Crippen LogP contribution is 2.35. The van der Waals surface area contributed by atoms with Gasteiger partial charge in [0.15, 0.2) is 0 Å². The Kier molecular flexibility index (Phi) is 4.50. The fourth-order valence-electron chi connectivity index (χ4n) is 2.86. The molecular weight excluding hydrogens is 268 g/mol. The number of para-hydroxylation sites is 1. The number of aromatic carboxylic acids is 1. The summed E-state index contributed by atoms with van der Waals surface area (Å²) in [5.74, 6) is -1.05. The molecule has 1 saturated carbocycles. The Morgan fingerprint density at radius 1 is 1.24 bits per heavy atom. The summed E-state index contributed by atoms with van der Waals surface area (Å²) >= 11 is 0. The number of carbonyl (C=O) groups is 2. The molecule has 1 aromatic rings. The molecule has 5 heteroatoms. The number of urea groups is 1. The summed E-state index contributed by atoms with van der Waals surface area (Å²) in [6, 6.07) is 6.17. The molecule has 0 heterocycles. The van der Waals surface area contributed by atoms with Crippen molar-refractivity contribution in [2.24, 2.45) is 5.41 Å². The Bertz CT molecular complexity index is 540. The first-order valence-electron chi connectivity index (χ1n) is 7.30. The van der Waals surface area contributed by atoms with Gasteiger partial charge >= 0.3 is 12.0 Å². The third-order valence-corrected chi connectivity index (χ3v) is 4.22. The Morgan fingerprint density at radius 3 is 2.62 bits per heavy atom. The molecule has 0 aromatic heterocycles. The lowest BCUT2D eigenvalue weighted by Crippen LogP contribution is -2.48. The second kappa shape index (κ2) is 6.16. The average Bonchev–Trinajstić information content (AvgIpc) is 2.41. The largest absolute Gasteiger partial charge is 0.478 e. The maximum absolute atomic E-state index is 12.1. The molecule has 0 aliphatic heterocycles. The van der Waals surface area contributed by atoms with Gasteiger partial charge in [-0.1, -0.05) is 38.8 Å². The van der Waals surface area contributed by atoms with Crippen molar-refractivity contribution in [1.82, 2.24) is 5.32 Å². The van der Waals surface area contributed by atoms with Crippen LogP contribution in [0, 0.1) is 5.41 Å². The quantitative estimate of drug-likeness (QED) is 0.797. The Hall–Kier alpha value is -2.04. The van der Waals surface area contributed by atoms with Crippen molar-refractivity contribution in [1.29, 1.82) is 0 Å². The van der Waals surface area contributed by atoms with Crippen molar-refractivity contribution in [3.8, 4) is 0 Å². The molecule has 0 bridgehead atoms. The van der Waals surface area contributed by atoms with Gasteiger partial charge < -0.3 is 15.7 Å². The summed E-state index contributed by atoms with van der Waals surface area (Å²) in [6.45, 7) is 4.31. The first kappa shape index (κ1) is 15.4. The van der Waals surface area contributed by atoms with Crippen molar-refractivity contribution in [3.05, 3.63) is 29.8 Å². The molecule has 1 atom stereocenters. The Morgan fingerprint density at radius 2 is 1.95 bits per heavy atom. The number of carboxylic acids is 1. The van der Waals surface area contributed by atoms with E-state index in [1.54, 1.807) is 18.2 Å². The molecule has 1 unspecified atom stereocenters. The highest BCUT2D eigenvalue weighted by molar-refractivity contribution is 6.00. The zero-order chi connectivity index (χ0) is 15.5. The SMILES string of the molecule is CC1(C)CCCCC1NC(=O)Nc1ccccc1C(=O)O. The second-order valence-electron chi connectivity index (χ2n) is 6.24. The topological polar surface area (TPSA) is 78.4 Å². The molecule has 1 aliphatic carbocycles. The van der Waals surface area contributed by atoms with Crippen LogP contribution in [0.1, 0.15) is 49.9 Å². The molecule has 1 aromatic carbocycles. The zero-order valence-electron chi connectivity index (χ0n) is 12.5. The van der Waals surface area contributed by atoms with E-state index in [1.165, 1.54) is 12.5 Å². The van der Waals surface area contributed by atoms with Crippen LogP contribution < -0.4 is 10.6 Å².